The normalized spacial score (nSPS) is 12.0. The smallest absolute Gasteiger partial charge is 0.435 e. The Morgan fingerprint density at radius 3 is 2.29 bits per heavy atom. The fourth-order valence-corrected chi connectivity index (χ4v) is 3.06. The molecule has 9 nitrogen and oxygen atoms in total. The summed E-state index contributed by atoms with van der Waals surface area (Å²) in [4.78, 5) is 36.6. The predicted molar refractivity (Wildman–Crippen MR) is 117 cm³/mol. The van der Waals surface area contributed by atoms with Gasteiger partial charge in [-0.05, 0) is 43.3 Å². The molecule has 35 heavy (non-hydrogen) atoms. The third kappa shape index (κ3) is 6.37. The highest BCUT2D eigenvalue weighted by atomic mass is 19.4. The molecule has 0 aliphatic heterocycles. The van der Waals surface area contributed by atoms with Gasteiger partial charge in [-0.3, -0.25) is 9.59 Å². The molecule has 12 heteroatoms. The second-order valence-electron chi connectivity index (χ2n) is 7.20. The van der Waals surface area contributed by atoms with Crippen LogP contribution in [0.3, 0.4) is 0 Å². The van der Waals surface area contributed by atoms with E-state index in [2.05, 4.69) is 10.4 Å². The number of ether oxygens (including phenoxy) is 1. The minimum atomic E-state index is -4.96. The standard InChI is InChI=1S/C23H21F3N4O5/c1-2-35-16-10-8-14(9-11-16)20(31)27-12-18(22(33)34)28-21(32)17-13-30(15-6-4-3-5-7-15)29-19(17)23(24,25)26/h3-11,13,18H,2,12H2,1H3,(H,27,31)(H,28,32)(H,33,34). The zero-order valence-corrected chi connectivity index (χ0v) is 18.4. The van der Waals surface area contributed by atoms with E-state index in [1.807, 2.05) is 5.32 Å². The summed E-state index contributed by atoms with van der Waals surface area (Å²) in [5, 5.41) is 17.3. The van der Waals surface area contributed by atoms with Crippen molar-refractivity contribution in [2.45, 2.75) is 19.1 Å². The van der Waals surface area contributed by atoms with Gasteiger partial charge in [-0.1, -0.05) is 18.2 Å². The maximum Gasteiger partial charge on any atom is 0.435 e. The van der Waals surface area contributed by atoms with Crippen LogP contribution in [0.1, 0.15) is 33.3 Å². The van der Waals surface area contributed by atoms with Crippen LogP contribution in [0, 0.1) is 0 Å². The van der Waals surface area contributed by atoms with Gasteiger partial charge >= 0.3 is 12.1 Å². The van der Waals surface area contributed by atoms with Gasteiger partial charge in [0.15, 0.2) is 5.69 Å². The molecule has 0 aliphatic carbocycles. The summed E-state index contributed by atoms with van der Waals surface area (Å²) in [5.74, 6) is -2.95. The summed E-state index contributed by atoms with van der Waals surface area (Å²) in [6, 6.07) is 12.1. The van der Waals surface area contributed by atoms with Crippen molar-refractivity contribution >= 4 is 17.8 Å². The lowest BCUT2D eigenvalue weighted by atomic mass is 10.2. The molecular formula is C23H21F3N4O5. The number of carboxylic acid groups (broad SMARTS) is 1. The lowest BCUT2D eigenvalue weighted by molar-refractivity contribution is -0.141. The number of rotatable bonds is 9. The molecule has 3 aromatic rings. The molecule has 0 spiro atoms. The first-order chi connectivity index (χ1) is 16.6. The maximum atomic E-state index is 13.5. The fraction of sp³-hybridized carbons (Fsp3) is 0.217. The van der Waals surface area contributed by atoms with Crippen LogP contribution in [-0.2, 0) is 11.0 Å². The number of nitrogens with one attached hydrogen (secondary N) is 2. The third-order valence-electron chi connectivity index (χ3n) is 4.75. The number of benzene rings is 2. The van der Waals surface area contributed by atoms with E-state index in [0.29, 0.717) is 12.4 Å². The molecule has 1 heterocycles. The number of aliphatic carboxylic acids is 1. The first-order valence-corrected chi connectivity index (χ1v) is 10.4. The first kappa shape index (κ1) is 25.3. The summed E-state index contributed by atoms with van der Waals surface area (Å²) in [6.07, 6.45) is -4.10. The van der Waals surface area contributed by atoms with Crippen LogP contribution in [0.2, 0.25) is 0 Å². The first-order valence-electron chi connectivity index (χ1n) is 10.4. The molecule has 2 amide bonds. The maximum absolute atomic E-state index is 13.5. The van der Waals surface area contributed by atoms with Crippen molar-refractivity contribution in [3.05, 3.63) is 77.6 Å². The van der Waals surface area contributed by atoms with Crippen molar-refractivity contribution in [1.29, 1.82) is 0 Å². The minimum absolute atomic E-state index is 0.201. The van der Waals surface area contributed by atoms with E-state index >= 15 is 0 Å². The Balaban J connectivity index is 1.74. The van der Waals surface area contributed by atoms with E-state index in [0.717, 1.165) is 10.9 Å². The molecule has 1 unspecified atom stereocenters. The van der Waals surface area contributed by atoms with Gasteiger partial charge < -0.3 is 20.5 Å². The molecule has 2 aromatic carbocycles. The van der Waals surface area contributed by atoms with E-state index < -0.39 is 47.8 Å². The Kier molecular flexibility index (Phi) is 7.74. The van der Waals surface area contributed by atoms with Gasteiger partial charge in [0.25, 0.3) is 11.8 Å². The van der Waals surface area contributed by atoms with Crippen molar-refractivity contribution in [3.63, 3.8) is 0 Å². The molecular weight excluding hydrogens is 469 g/mol. The van der Waals surface area contributed by atoms with Gasteiger partial charge in [0.1, 0.15) is 11.8 Å². The van der Waals surface area contributed by atoms with Gasteiger partial charge in [0, 0.05) is 18.3 Å². The number of aromatic nitrogens is 2. The molecule has 0 radical (unpaired) electrons. The van der Waals surface area contributed by atoms with E-state index in [9.17, 15) is 32.7 Å². The van der Waals surface area contributed by atoms with Crippen LogP contribution >= 0.6 is 0 Å². The summed E-state index contributed by atoms with van der Waals surface area (Å²) in [5.41, 5.74) is -1.85. The SMILES string of the molecule is CCOc1ccc(C(=O)NCC(NC(=O)c2cn(-c3ccccc3)nc2C(F)(F)F)C(=O)O)cc1. The van der Waals surface area contributed by atoms with Crippen molar-refractivity contribution in [1.82, 2.24) is 20.4 Å². The van der Waals surface area contributed by atoms with E-state index in [1.54, 1.807) is 37.3 Å². The molecule has 1 aromatic heterocycles. The Morgan fingerprint density at radius 2 is 1.71 bits per heavy atom. The van der Waals surface area contributed by atoms with Crippen LogP contribution in [0.25, 0.3) is 5.69 Å². The largest absolute Gasteiger partial charge is 0.494 e. The fourth-order valence-electron chi connectivity index (χ4n) is 3.06. The number of halogens is 3. The molecule has 0 saturated carbocycles. The number of hydrogen-bond acceptors (Lipinski definition) is 5. The second kappa shape index (κ2) is 10.7. The summed E-state index contributed by atoms with van der Waals surface area (Å²) < 4.78 is 46.7. The van der Waals surface area contributed by atoms with Crippen molar-refractivity contribution in [3.8, 4) is 11.4 Å². The lowest BCUT2D eigenvalue weighted by Gasteiger charge is -2.16. The number of carbonyl (C=O) groups excluding carboxylic acids is 2. The molecule has 0 aliphatic rings. The molecule has 0 saturated heterocycles. The van der Waals surface area contributed by atoms with Crippen molar-refractivity contribution < 1.29 is 37.4 Å². The summed E-state index contributed by atoms with van der Waals surface area (Å²) in [7, 11) is 0. The van der Waals surface area contributed by atoms with Gasteiger partial charge in [-0.2, -0.15) is 18.3 Å². The average molecular weight is 490 g/mol. The van der Waals surface area contributed by atoms with Crippen LogP contribution in [0.4, 0.5) is 13.2 Å². The Labute approximate surface area is 197 Å². The highest BCUT2D eigenvalue weighted by Gasteiger charge is 2.40. The minimum Gasteiger partial charge on any atom is -0.494 e. The lowest BCUT2D eigenvalue weighted by Crippen LogP contribution is -2.48. The van der Waals surface area contributed by atoms with Crippen molar-refractivity contribution in [2.75, 3.05) is 13.2 Å². The van der Waals surface area contributed by atoms with Crippen LogP contribution in [0.5, 0.6) is 5.75 Å². The molecule has 3 rings (SSSR count). The number of hydrogen-bond donors (Lipinski definition) is 3. The Morgan fingerprint density at radius 1 is 1.06 bits per heavy atom. The quantitative estimate of drug-likeness (QED) is 0.424. The highest BCUT2D eigenvalue weighted by Crippen LogP contribution is 2.31. The number of amides is 2. The second-order valence-corrected chi connectivity index (χ2v) is 7.20. The van der Waals surface area contributed by atoms with E-state index in [4.69, 9.17) is 4.74 Å². The van der Waals surface area contributed by atoms with E-state index in [1.165, 1.54) is 24.3 Å². The van der Waals surface area contributed by atoms with Gasteiger partial charge in [-0.25, -0.2) is 9.48 Å². The Bertz CT molecular complexity index is 1190. The molecule has 3 N–H and O–H groups in total. The Hall–Kier alpha value is -4.35. The van der Waals surface area contributed by atoms with Crippen LogP contribution < -0.4 is 15.4 Å². The van der Waals surface area contributed by atoms with Crippen molar-refractivity contribution in [2.24, 2.45) is 0 Å². The molecule has 184 valence electrons. The number of carboxylic acids is 1. The predicted octanol–water partition coefficient (Wildman–Crippen LogP) is 2.90. The van der Waals surface area contributed by atoms with E-state index in [-0.39, 0.29) is 11.3 Å². The average Bonchev–Trinajstić information content (AvgIpc) is 3.29. The monoisotopic (exact) mass is 490 g/mol. The number of carbonyl (C=O) groups is 3. The number of nitrogens with zero attached hydrogens (tertiary/aromatic N) is 2. The third-order valence-corrected chi connectivity index (χ3v) is 4.75. The van der Waals surface area contributed by atoms with Crippen LogP contribution in [-0.4, -0.2) is 51.9 Å². The topological polar surface area (TPSA) is 123 Å². The zero-order chi connectivity index (χ0) is 25.6. The number of alkyl halides is 3. The zero-order valence-electron chi connectivity index (χ0n) is 18.4. The van der Waals surface area contributed by atoms with Gasteiger partial charge in [0.2, 0.25) is 0 Å². The highest BCUT2D eigenvalue weighted by molar-refractivity contribution is 5.98. The van der Waals surface area contributed by atoms with Gasteiger partial charge in [-0.15, -0.1) is 0 Å². The van der Waals surface area contributed by atoms with Gasteiger partial charge in [0.05, 0.1) is 17.9 Å². The number of para-hydroxylation sites is 1. The van der Waals surface area contributed by atoms with Crippen LogP contribution in [0.15, 0.2) is 60.8 Å². The summed E-state index contributed by atoms with van der Waals surface area (Å²) >= 11 is 0. The molecule has 0 bridgehead atoms. The molecule has 1 atom stereocenters. The molecule has 0 fully saturated rings. The summed E-state index contributed by atoms with van der Waals surface area (Å²) in [6.45, 7) is 1.67.